The molecule has 3 rings (SSSR count). The van der Waals surface area contributed by atoms with E-state index in [2.05, 4.69) is 0 Å². The summed E-state index contributed by atoms with van der Waals surface area (Å²) < 4.78 is 37.1. The average molecular weight is 867 g/mol. The molecule has 3 saturated heterocycles. The number of methoxy groups -OCH3 is 1. The van der Waals surface area contributed by atoms with Crippen LogP contribution in [-0.4, -0.2) is 176 Å². The molecule has 3 heterocycles. The first-order chi connectivity index (χ1) is 27.5. The van der Waals surface area contributed by atoms with Crippen LogP contribution in [0.25, 0.3) is 0 Å². The number of Topliss-reactive ketones (excluding diaryl/α,β-unsaturated/α-hetero) is 1. The molecule has 0 aromatic rings. The van der Waals surface area contributed by atoms with Crippen molar-refractivity contribution >= 4 is 23.7 Å². The number of aliphatic hydroxyl groups excluding tert-OH is 3. The van der Waals surface area contributed by atoms with Crippen LogP contribution in [0.15, 0.2) is 0 Å². The fourth-order valence-corrected chi connectivity index (χ4v) is 8.69. The van der Waals surface area contributed by atoms with E-state index in [1.54, 1.807) is 41.5 Å². The molecule has 0 amide bonds. The minimum absolute atomic E-state index is 0.0936. The zero-order valence-corrected chi connectivity index (χ0v) is 37.5. The van der Waals surface area contributed by atoms with Crippen LogP contribution in [0.4, 0.5) is 0 Å². The SMILES string of the molecule is CCC1OC(=O)C(C)C(OC2CC(C)(OC)C(O)C(C)O2)C(C)C(OC2OC(C)CC(N(C)C)C2O)C(C)(O)CC(C)C(=O)C(C)C(O)C1(C)O.NC(CC(=O)O)C(=O)O. The smallest absolute Gasteiger partial charge is 0.321 e. The van der Waals surface area contributed by atoms with E-state index in [0.717, 1.165) is 0 Å². The van der Waals surface area contributed by atoms with Crippen molar-refractivity contribution in [2.75, 3.05) is 21.2 Å². The number of hydrogen-bond donors (Lipinski definition) is 8. The van der Waals surface area contributed by atoms with E-state index >= 15 is 0 Å². The maximum atomic E-state index is 14.1. The van der Waals surface area contributed by atoms with Crippen LogP contribution in [0.5, 0.6) is 0 Å². The zero-order valence-electron chi connectivity index (χ0n) is 37.5. The monoisotopic (exact) mass is 866 g/mol. The Balaban J connectivity index is 0.00000123. The van der Waals surface area contributed by atoms with Crippen molar-refractivity contribution in [3.63, 3.8) is 0 Å². The Kier molecular flexibility index (Phi) is 19.5. The molecule has 9 N–H and O–H groups in total. The van der Waals surface area contributed by atoms with Gasteiger partial charge in [0.2, 0.25) is 0 Å². The number of esters is 1. The van der Waals surface area contributed by atoms with Crippen LogP contribution in [0.1, 0.15) is 101 Å². The summed E-state index contributed by atoms with van der Waals surface area (Å²) in [6.07, 6.45) is -10.2. The van der Waals surface area contributed by atoms with Gasteiger partial charge in [0.15, 0.2) is 12.6 Å². The number of ether oxygens (including phenoxy) is 6. The van der Waals surface area contributed by atoms with Gasteiger partial charge in [-0.1, -0.05) is 27.7 Å². The summed E-state index contributed by atoms with van der Waals surface area (Å²) in [7, 11) is 5.18. The molecular formula is C41H74N2O17. The number of likely N-dealkylation sites (N-methyl/N-ethyl adjacent to an activating group) is 1. The van der Waals surface area contributed by atoms with E-state index in [1.807, 2.05) is 25.9 Å². The highest BCUT2D eigenvalue weighted by Gasteiger charge is 2.53. The molecule has 19 heteroatoms. The Hall–Kier alpha value is -2.40. The number of aliphatic carboxylic acids is 2. The maximum Gasteiger partial charge on any atom is 0.321 e. The normalized spacial score (nSPS) is 44.2. The Morgan fingerprint density at radius 3 is 1.98 bits per heavy atom. The quantitative estimate of drug-likeness (QED) is 0.140. The highest BCUT2D eigenvalue weighted by molar-refractivity contribution is 5.83. The Labute approximate surface area is 353 Å². The van der Waals surface area contributed by atoms with Gasteiger partial charge in [-0.3, -0.25) is 19.2 Å². The van der Waals surface area contributed by atoms with E-state index in [9.17, 15) is 44.7 Å². The first kappa shape index (κ1) is 53.7. The number of rotatable bonds is 10. The number of hydrogen-bond acceptors (Lipinski definition) is 17. The summed E-state index contributed by atoms with van der Waals surface area (Å²) in [6.45, 7) is 16.3. The van der Waals surface area contributed by atoms with E-state index in [1.165, 1.54) is 27.9 Å². The summed E-state index contributed by atoms with van der Waals surface area (Å²) in [5.74, 6) is -7.47. The second kappa shape index (κ2) is 21.8. The largest absolute Gasteiger partial charge is 0.481 e. The van der Waals surface area contributed by atoms with Gasteiger partial charge in [0, 0.05) is 37.3 Å². The van der Waals surface area contributed by atoms with Crippen molar-refractivity contribution in [1.29, 1.82) is 0 Å². The van der Waals surface area contributed by atoms with Gasteiger partial charge < -0.3 is 74.8 Å². The number of aliphatic hydroxyl groups is 5. The highest BCUT2D eigenvalue weighted by Crippen LogP contribution is 2.40. The molecule has 0 saturated carbocycles. The lowest BCUT2D eigenvalue weighted by Crippen LogP contribution is -2.61. The topological polar surface area (TPSA) is 295 Å². The molecule has 0 radical (unpaired) electrons. The van der Waals surface area contributed by atoms with E-state index in [4.69, 9.17) is 44.4 Å². The van der Waals surface area contributed by atoms with Crippen LogP contribution in [-0.2, 0) is 47.6 Å². The van der Waals surface area contributed by atoms with Crippen molar-refractivity contribution in [3.8, 4) is 0 Å². The van der Waals surface area contributed by atoms with Gasteiger partial charge >= 0.3 is 17.9 Å². The molecule has 3 fully saturated rings. The molecule has 0 spiro atoms. The third-order valence-corrected chi connectivity index (χ3v) is 12.5. The van der Waals surface area contributed by atoms with Crippen LogP contribution in [0.3, 0.4) is 0 Å². The molecular weight excluding hydrogens is 792 g/mol. The molecule has 0 bridgehead atoms. The summed E-state index contributed by atoms with van der Waals surface area (Å²) in [4.78, 5) is 49.4. The van der Waals surface area contributed by atoms with Crippen LogP contribution < -0.4 is 5.73 Å². The van der Waals surface area contributed by atoms with Crippen LogP contribution >= 0.6 is 0 Å². The highest BCUT2D eigenvalue weighted by atomic mass is 16.7. The van der Waals surface area contributed by atoms with Crippen LogP contribution in [0.2, 0.25) is 0 Å². The number of carboxylic acid groups (broad SMARTS) is 2. The molecule has 0 aromatic heterocycles. The summed E-state index contributed by atoms with van der Waals surface area (Å²) >= 11 is 0. The van der Waals surface area contributed by atoms with Crippen molar-refractivity contribution in [1.82, 2.24) is 4.90 Å². The van der Waals surface area contributed by atoms with Crippen molar-refractivity contribution < 1.29 is 83.3 Å². The minimum atomic E-state index is -1.99. The standard InChI is InChI=1S/C37H67NO13.C4H7NO4/c1-14-25-37(10,45)30(41)20(4)27(39)18(2)16-35(8,44)32(51-34-28(40)24(38(11)12)15-19(3)47-34)21(5)29(22(6)33(43)49-25)50-26-17-36(9,46-13)31(42)23(7)48-26;5-2(4(8)9)1-3(6)7/h18-26,28-32,34,40-42,44-45H,14-17H2,1-13H3;2H,1,5H2,(H,6,7)(H,8,9). The average Bonchev–Trinajstić information content (AvgIpc) is 3.15. The van der Waals surface area contributed by atoms with E-state index in [-0.39, 0.29) is 31.4 Å². The molecule has 3 aliphatic heterocycles. The van der Waals surface area contributed by atoms with E-state index in [0.29, 0.717) is 6.42 Å². The summed E-state index contributed by atoms with van der Waals surface area (Å²) in [5.41, 5.74) is -0.00202. The maximum absolute atomic E-state index is 14.1. The number of carbonyl (C=O) groups is 4. The predicted molar refractivity (Wildman–Crippen MR) is 214 cm³/mol. The van der Waals surface area contributed by atoms with Gasteiger partial charge in [0.1, 0.15) is 35.7 Å². The number of nitrogens with two attached hydrogens (primary N) is 1. The summed E-state index contributed by atoms with van der Waals surface area (Å²) in [5, 5.41) is 73.6. The fourth-order valence-electron chi connectivity index (χ4n) is 8.69. The fraction of sp³-hybridized carbons (Fsp3) is 0.902. The molecule has 60 heavy (non-hydrogen) atoms. The van der Waals surface area contributed by atoms with Gasteiger partial charge in [-0.25, -0.2) is 0 Å². The molecule has 19 unspecified atom stereocenters. The van der Waals surface area contributed by atoms with Crippen LogP contribution in [0, 0.1) is 23.7 Å². The molecule has 19 nitrogen and oxygen atoms in total. The third kappa shape index (κ3) is 13.1. The van der Waals surface area contributed by atoms with Gasteiger partial charge in [-0.15, -0.1) is 0 Å². The molecule has 19 atom stereocenters. The lowest BCUT2D eigenvalue weighted by Gasteiger charge is -2.49. The number of ketones is 1. The lowest BCUT2D eigenvalue weighted by atomic mass is 9.74. The van der Waals surface area contributed by atoms with Gasteiger partial charge in [0.05, 0.1) is 54.1 Å². The first-order valence-electron chi connectivity index (χ1n) is 20.7. The molecule has 350 valence electrons. The Morgan fingerprint density at radius 2 is 1.50 bits per heavy atom. The Morgan fingerprint density at radius 1 is 0.917 bits per heavy atom. The predicted octanol–water partition coefficient (Wildman–Crippen LogP) is 0.659. The number of carbonyl (C=O) groups excluding carboxylic acids is 2. The van der Waals surface area contributed by atoms with E-state index < -0.39 is 132 Å². The van der Waals surface area contributed by atoms with Gasteiger partial charge in [-0.2, -0.15) is 0 Å². The zero-order chi connectivity index (χ0) is 46.4. The summed E-state index contributed by atoms with van der Waals surface area (Å²) in [6, 6.07) is -1.61. The molecule has 3 aliphatic rings. The molecule has 0 aromatic carbocycles. The first-order valence-corrected chi connectivity index (χ1v) is 20.7. The number of carboxylic acids is 2. The second-order valence-corrected chi connectivity index (χ2v) is 18.0. The second-order valence-electron chi connectivity index (χ2n) is 18.0. The third-order valence-electron chi connectivity index (χ3n) is 12.5. The lowest BCUT2D eigenvalue weighted by molar-refractivity contribution is -0.318. The number of cyclic esters (lactones) is 1. The minimum Gasteiger partial charge on any atom is -0.481 e. The molecule has 0 aliphatic carbocycles. The van der Waals surface area contributed by atoms with Crippen molar-refractivity contribution in [2.45, 2.75) is 192 Å². The van der Waals surface area contributed by atoms with Crippen molar-refractivity contribution in [3.05, 3.63) is 0 Å². The Bertz CT molecular complexity index is 1430. The van der Waals surface area contributed by atoms with Gasteiger partial charge in [0.25, 0.3) is 0 Å². The van der Waals surface area contributed by atoms with Gasteiger partial charge in [-0.05, 0) is 74.9 Å². The number of nitrogens with zero attached hydrogens (tertiary/aromatic N) is 1. The van der Waals surface area contributed by atoms with Crippen molar-refractivity contribution in [2.24, 2.45) is 29.4 Å².